The summed E-state index contributed by atoms with van der Waals surface area (Å²) in [5, 5.41) is 5.92. The average molecular weight is 252 g/mol. The van der Waals surface area contributed by atoms with Gasteiger partial charge < -0.3 is 10.2 Å². The van der Waals surface area contributed by atoms with Crippen molar-refractivity contribution in [2.24, 2.45) is 5.92 Å². The first kappa shape index (κ1) is 13.1. The van der Waals surface area contributed by atoms with Crippen molar-refractivity contribution in [3.63, 3.8) is 0 Å². The molecule has 1 fully saturated rings. The van der Waals surface area contributed by atoms with Crippen molar-refractivity contribution in [2.75, 3.05) is 26.7 Å². The van der Waals surface area contributed by atoms with Gasteiger partial charge >= 0.3 is 0 Å². The van der Waals surface area contributed by atoms with Crippen LogP contribution >= 0.6 is 11.3 Å². The van der Waals surface area contributed by atoms with E-state index in [4.69, 9.17) is 0 Å². The maximum absolute atomic E-state index is 3.75. The lowest BCUT2D eigenvalue weighted by Crippen LogP contribution is -2.38. The molecule has 0 aromatic carbocycles. The fourth-order valence-electron chi connectivity index (χ4n) is 2.68. The number of nitrogens with one attached hydrogen (secondary N) is 1. The first-order valence-corrected chi connectivity index (χ1v) is 7.63. The van der Waals surface area contributed by atoms with Crippen LogP contribution in [0.25, 0.3) is 0 Å². The Hall–Kier alpha value is -0.380. The van der Waals surface area contributed by atoms with Crippen molar-refractivity contribution >= 4 is 11.3 Å². The van der Waals surface area contributed by atoms with E-state index in [9.17, 15) is 0 Å². The first-order chi connectivity index (χ1) is 8.29. The molecule has 2 rings (SSSR count). The zero-order valence-electron chi connectivity index (χ0n) is 11.0. The third-order valence-corrected chi connectivity index (χ3v) is 4.66. The molecule has 0 radical (unpaired) electrons. The Kier molecular flexibility index (Phi) is 5.01. The molecule has 2 atom stereocenters. The number of thiophene rings is 1. The monoisotopic (exact) mass is 252 g/mol. The number of hydrogen-bond acceptors (Lipinski definition) is 3. The predicted octanol–water partition coefficient (Wildman–Crippen LogP) is 3.13. The Bertz CT molecular complexity index is 310. The number of rotatable bonds is 5. The third kappa shape index (κ3) is 3.80. The van der Waals surface area contributed by atoms with E-state index >= 15 is 0 Å². The molecular formula is C14H24N2S. The van der Waals surface area contributed by atoms with E-state index in [1.54, 1.807) is 0 Å². The fraction of sp³-hybridized carbons (Fsp3) is 0.714. The van der Waals surface area contributed by atoms with Gasteiger partial charge in [-0.1, -0.05) is 13.0 Å². The number of likely N-dealkylation sites (tertiary alicyclic amines) is 1. The van der Waals surface area contributed by atoms with Crippen molar-refractivity contribution < 1.29 is 0 Å². The van der Waals surface area contributed by atoms with Crippen LogP contribution in [-0.4, -0.2) is 31.6 Å². The van der Waals surface area contributed by atoms with Gasteiger partial charge in [0.2, 0.25) is 0 Å². The lowest BCUT2D eigenvalue weighted by Gasteiger charge is -2.31. The van der Waals surface area contributed by atoms with E-state index in [0.717, 1.165) is 5.92 Å². The molecule has 0 saturated carbocycles. The molecule has 0 aliphatic carbocycles. The van der Waals surface area contributed by atoms with Gasteiger partial charge in [0.15, 0.2) is 0 Å². The van der Waals surface area contributed by atoms with Crippen molar-refractivity contribution in [2.45, 2.75) is 32.2 Å². The molecule has 2 unspecified atom stereocenters. The molecule has 1 aromatic heterocycles. The highest BCUT2D eigenvalue weighted by Crippen LogP contribution is 2.22. The lowest BCUT2D eigenvalue weighted by molar-refractivity contribution is 0.202. The summed E-state index contributed by atoms with van der Waals surface area (Å²) in [5.74, 6) is 0.836. The molecule has 0 amide bonds. The van der Waals surface area contributed by atoms with Gasteiger partial charge in [0.25, 0.3) is 0 Å². The molecule has 1 aromatic rings. The molecule has 1 saturated heterocycles. The molecule has 1 aliphatic heterocycles. The zero-order chi connectivity index (χ0) is 12.1. The SMILES string of the molecule is CCC(NCC1CCCN(C)C1)c1cccs1. The summed E-state index contributed by atoms with van der Waals surface area (Å²) < 4.78 is 0. The normalized spacial score (nSPS) is 23.8. The van der Waals surface area contributed by atoms with Gasteiger partial charge in [-0.25, -0.2) is 0 Å². The Morgan fingerprint density at radius 3 is 3.12 bits per heavy atom. The number of piperidine rings is 1. The molecule has 17 heavy (non-hydrogen) atoms. The van der Waals surface area contributed by atoms with Gasteiger partial charge in [0, 0.05) is 17.5 Å². The topological polar surface area (TPSA) is 15.3 Å². The van der Waals surface area contributed by atoms with Gasteiger partial charge in [-0.05, 0) is 56.8 Å². The summed E-state index contributed by atoms with van der Waals surface area (Å²) in [4.78, 5) is 3.94. The molecular weight excluding hydrogens is 228 g/mol. The van der Waals surface area contributed by atoms with Crippen molar-refractivity contribution in [3.05, 3.63) is 22.4 Å². The smallest absolute Gasteiger partial charge is 0.0412 e. The van der Waals surface area contributed by atoms with Gasteiger partial charge in [-0.15, -0.1) is 11.3 Å². The minimum atomic E-state index is 0.558. The van der Waals surface area contributed by atoms with Crippen LogP contribution in [0.5, 0.6) is 0 Å². The minimum absolute atomic E-state index is 0.558. The quantitative estimate of drug-likeness (QED) is 0.866. The summed E-state index contributed by atoms with van der Waals surface area (Å²) in [7, 11) is 2.24. The third-order valence-electron chi connectivity index (χ3n) is 3.67. The van der Waals surface area contributed by atoms with Crippen LogP contribution in [0.2, 0.25) is 0 Å². The largest absolute Gasteiger partial charge is 0.309 e. The first-order valence-electron chi connectivity index (χ1n) is 6.75. The van der Waals surface area contributed by atoms with E-state index in [2.05, 4.69) is 41.7 Å². The van der Waals surface area contributed by atoms with Crippen LogP contribution in [0.3, 0.4) is 0 Å². The van der Waals surface area contributed by atoms with E-state index in [-0.39, 0.29) is 0 Å². The van der Waals surface area contributed by atoms with E-state index in [1.165, 1.54) is 43.8 Å². The van der Waals surface area contributed by atoms with Crippen LogP contribution in [0, 0.1) is 5.92 Å². The zero-order valence-corrected chi connectivity index (χ0v) is 11.8. The minimum Gasteiger partial charge on any atom is -0.309 e. The second-order valence-electron chi connectivity index (χ2n) is 5.15. The molecule has 2 nitrogen and oxygen atoms in total. The van der Waals surface area contributed by atoms with Crippen LogP contribution in [-0.2, 0) is 0 Å². The Balaban J connectivity index is 1.80. The standard InChI is InChI=1S/C14H24N2S/c1-3-13(14-7-5-9-17-14)15-10-12-6-4-8-16(2)11-12/h5,7,9,12-13,15H,3-4,6,8,10-11H2,1-2H3. The summed E-state index contributed by atoms with van der Waals surface area (Å²) in [6, 6.07) is 4.96. The second kappa shape index (κ2) is 6.53. The van der Waals surface area contributed by atoms with E-state index in [1.807, 2.05) is 11.3 Å². The van der Waals surface area contributed by atoms with Crippen LogP contribution in [0.1, 0.15) is 37.1 Å². The van der Waals surface area contributed by atoms with Crippen molar-refractivity contribution in [1.29, 1.82) is 0 Å². The molecule has 3 heteroatoms. The summed E-state index contributed by atoms with van der Waals surface area (Å²) in [6.45, 7) is 5.97. The molecule has 2 heterocycles. The molecule has 1 aliphatic rings. The summed E-state index contributed by atoms with van der Waals surface area (Å²) in [6.07, 6.45) is 3.93. The van der Waals surface area contributed by atoms with Gasteiger partial charge in [-0.3, -0.25) is 0 Å². The molecule has 0 bridgehead atoms. The molecule has 0 spiro atoms. The highest BCUT2D eigenvalue weighted by atomic mass is 32.1. The maximum atomic E-state index is 3.75. The van der Waals surface area contributed by atoms with E-state index in [0.29, 0.717) is 6.04 Å². The Labute approximate surface area is 109 Å². The highest BCUT2D eigenvalue weighted by molar-refractivity contribution is 7.10. The fourth-order valence-corrected chi connectivity index (χ4v) is 3.57. The van der Waals surface area contributed by atoms with Gasteiger partial charge in [-0.2, -0.15) is 0 Å². The van der Waals surface area contributed by atoms with Gasteiger partial charge in [0.1, 0.15) is 0 Å². The second-order valence-corrected chi connectivity index (χ2v) is 6.13. The number of nitrogens with zero attached hydrogens (tertiary/aromatic N) is 1. The van der Waals surface area contributed by atoms with E-state index < -0.39 is 0 Å². The number of hydrogen-bond donors (Lipinski definition) is 1. The Morgan fingerprint density at radius 1 is 1.59 bits per heavy atom. The van der Waals surface area contributed by atoms with Crippen molar-refractivity contribution in [1.82, 2.24) is 10.2 Å². The van der Waals surface area contributed by atoms with Crippen LogP contribution < -0.4 is 5.32 Å². The van der Waals surface area contributed by atoms with Gasteiger partial charge in [0.05, 0.1) is 0 Å². The summed E-state index contributed by atoms with van der Waals surface area (Å²) >= 11 is 1.87. The van der Waals surface area contributed by atoms with Crippen LogP contribution in [0.4, 0.5) is 0 Å². The highest BCUT2D eigenvalue weighted by Gasteiger charge is 2.18. The summed E-state index contributed by atoms with van der Waals surface area (Å²) in [5.41, 5.74) is 0. The Morgan fingerprint density at radius 2 is 2.47 bits per heavy atom. The lowest BCUT2D eigenvalue weighted by atomic mass is 9.98. The maximum Gasteiger partial charge on any atom is 0.0412 e. The average Bonchev–Trinajstić information content (AvgIpc) is 2.84. The molecule has 1 N–H and O–H groups in total. The molecule has 96 valence electrons. The van der Waals surface area contributed by atoms with Crippen molar-refractivity contribution in [3.8, 4) is 0 Å². The predicted molar refractivity (Wildman–Crippen MR) is 75.6 cm³/mol. The van der Waals surface area contributed by atoms with Crippen LogP contribution in [0.15, 0.2) is 17.5 Å².